The zero-order valence-corrected chi connectivity index (χ0v) is 13.1. The SMILES string of the molecule is Cc1nc(N2CCCC2/C=C/c2ccccc2)cc2nncn12. The Morgan fingerprint density at radius 1 is 1.22 bits per heavy atom. The Bertz CT molecular complexity index is 837. The molecule has 3 aromatic rings. The Hall–Kier alpha value is -2.69. The van der Waals surface area contributed by atoms with E-state index in [1.165, 1.54) is 12.0 Å². The molecule has 1 aliphatic rings. The van der Waals surface area contributed by atoms with E-state index in [9.17, 15) is 0 Å². The van der Waals surface area contributed by atoms with Gasteiger partial charge in [0.05, 0.1) is 0 Å². The van der Waals surface area contributed by atoms with Crippen LogP contribution in [0.1, 0.15) is 24.2 Å². The second-order valence-corrected chi connectivity index (χ2v) is 5.89. The highest BCUT2D eigenvalue weighted by atomic mass is 15.3. The fraction of sp³-hybridized carbons (Fsp3) is 0.278. The molecule has 2 aromatic heterocycles. The molecule has 5 heteroatoms. The number of nitrogens with zero attached hydrogens (tertiary/aromatic N) is 5. The second-order valence-electron chi connectivity index (χ2n) is 5.89. The second kappa shape index (κ2) is 5.83. The van der Waals surface area contributed by atoms with Crippen LogP contribution in [0.3, 0.4) is 0 Å². The quantitative estimate of drug-likeness (QED) is 0.746. The third kappa shape index (κ3) is 2.70. The van der Waals surface area contributed by atoms with Crippen molar-refractivity contribution in [1.29, 1.82) is 0 Å². The van der Waals surface area contributed by atoms with E-state index < -0.39 is 0 Å². The topological polar surface area (TPSA) is 46.3 Å². The van der Waals surface area contributed by atoms with Gasteiger partial charge in [-0.25, -0.2) is 4.98 Å². The molecule has 1 unspecified atom stereocenters. The number of anilines is 1. The molecule has 1 saturated heterocycles. The van der Waals surface area contributed by atoms with Crippen molar-refractivity contribution in [3.8, 4) is 0 Å². The highest BCUT2D eigenvalue weighted by molar-refractivity contribution is 5.56. The van der Waals surface area contributed by atoms with E-state index >= 15 is 0 Å². The summed E-state index contributed by atoms with van der Waals surface area (Å²) in [4.78, 5) is 7.10. The van der Waals surface area contributed by atoms with Crippen molar-refractivity contribution in [2.24, 2.45) is 0 Å². The molecular weight excluding hydrogens is 286 g/mol. The third-order valence-electron chi connectivity index (χ3n) is 4.36. The van der Waals surface area contributed by atoms with Crippen molar-refractivity contribution in [1.82, 2.24) is 19.6 Å². The highest BCUT2D eigenvalue weighted by Gasteiger charge is 2.24. The van der Waals surface area contributed by atoms with Crippen LogP contribution < -0.4 is 4.90 Å². The highest BCUT2D eigenvalue weighted by Crippen LogP contribution is 2.26. The summed E-state index contributed by atoms with van der Waals surface area (Å²) in [5.41, 5.74) is 2.08. The average Bonchev–Trinajstić information content (AvgIpc) is 3.23. The molecule has 1 aliphatic heterocycles. The third-order valence-corrected chi connectivity index (χ3v) is 4.36. The van der Waals surface area contributed by atoms with Crippen LogP contribution in [0.15, 0.2) is 48.8 Å². The number of hydrogen-bond donors (Lipinski definition) is 0. The lowest BCUT2D eigenvalue weighted by atomic mass is 10.1. The number of hydrogen-bond acceptors (Lipinski definition) is 4. The molecular formula is C18H19N5. The van der Waals surface area contributed by atoms with Crippen molar-refractivity contribution in [2.45, 2.75) is 25.8 Å². The van der Waals surface area contributed by atoms with Gasteiger partial charge in [-0.2, -0.15) is 0 Å². The van der Waals surface area contributed by atoms with Gasteiger partial charge in [-0.3, -0.25) is 4.40 Å². The average molecular weight is 305 g/mol. The van der Waals surface area contributed by atoms with Gasteiger partial charge in [0.25, 0.3) is 0 Å². The van der Waals surface area contributed by atoms with Gasteiger partial charge in [-0.15, -0.1) is 10.2 Å². The Morgan fingerprint density at radius 2 is 2.09 bits per heavy atom. The minimum absolute atomic E-state index is 0.382. The maximum Gasteiger partial charge on any atom is 0.165 e. The standard InChI is InChI=1S/C18H19N5/c1-14-20-17(12-18-21-19-13-23(14)18)22-11-5-8-16(22)10-9-15-6-3-2-4-7-15/h2-4,6-7,9-10,12-13,16H,5,8,11H2,1H3/b10-9+. The molecule has 0 saturated carbocycles. The smallest absolute Gasteiger partial charge is 0.165 e. The van der Waals surface area contributed by atoms with E-state index in [1.54, 1.807) is 6.33 Å². The van der Waals surface area contributed by atoms with E-state index in [1.807, 2.05) is 23.5 Å². The summed E-state index contributed by atoms with van der Waals surface area (Å²) >= 11 is 0. The maximum atomic E-state index is 4.74. The van der Waals surface area contributed by atoms with Crippen LogP contribution in [0.2, 0.25) is 0 Å². The van der Waals surface area contributed by atoms with Crippen LogP contribution in [-0.2, 0) is 0 Å². The summed E-state index contributed by atoms with van der Waals surface area (Å²) in [5.74, 6) is 1.91. The first-order chi connectivity index (χ1) is 11.3. The zero-order valence-electron chi connectivity index (χ0n) is 13.1. The molecule has 4 rings (SSSR count). The van der Waals surface area contributed by atoms with Crippen LogP contribution in [0.5, 0.6) is 0 Å². The summed E-state index contributed by atoms with van der Waals surface area (Å²) < 4.78 is 1.91. The monoisotopic (exact) mass is 305 g/mol. The minimum atomic E-state index is 0.382. The van der Waals surface area contributed by atoms with Crippen LogP contribution in [0, 0.1) is 6.92 Å². The van der Waals surface area contributed by atoms with Crippen LogP contribution in [0.25, 0.3) is 11.7 Å². The van der Waals surface area contributed by atoms with Gasteiger partial charge in [-0.05, 0) is 25.3 Å². The molecule has 116 valence electrons. The first-order valence-electron chi connectivity index (χ1n) is 7.98. The van der Waals surface area contributed by atoms with E-state index in [0.717, 1.165) is 30.3 Å². The molecule has 23 heavy (non-hydrogen) atoms. The van der Waals surface area contributed by atoms with Gasteiger partial charge >= 0.3 is 0 Å². The molecule has 3 heterocycles. The normalized spacial score (nSPS) is 18.3. The number of benzene rings is 1. The van der Waals surface area contributed by atoms with Gasteiger partial charge in [0.15, 0.2) is 5.65 Å². The van der Waals surface area contributed by atoms with E-state index in [-0.39, 0.29) is 0 Å². The zero-order chi connectivity index (χ0) is 15.6. The van der Waals surface area contributed by atoms with Gasteiger partial charge in [0, 0.05) is 18.7 Å². The number of aryl methyl sites for hydroxylation is 1. The molecule has 1 fully saturated rings. The van der Waals surface area contributed by atoms with Crippen molar-refractivity contribution >= 4 is 17.5 Å². The van der Waals surface area contributed by atoms with Crippen molar-refractivity contribution in [3.63, 3.8) is 0 Å². The lowest BCUT2D eigenvalue weighted by Crippen LogP contribution is -2.28. The van der Waals surface area contributed by atoms with Gasteiger partial charge < -0.3 is 4.90 Å². The maximum absolute atomic E-state index is 4.74. The summed E-state index contributed by atoms with van der Waals surface area (Å²) in [7, 11) is 0. The Labute approximate surface area is 135 Å². The summed E-state index contributed by atoms with van der Waals surface area (Å²) in [5, 5.41) is 8.12. The molecule has 0 aliphatic carbocycles. The fourth-order valence-electron chi connectivity index (χ4n) is 3.17. The number of aromatic nitrogens is 4. The summed E-state index contributed by atoms with van der Waals surface area (Å²) in [6.45, 7) is 3.02. The van der Waals surface area contributed by atoms with Gasteiger partial charge in [-0.1, -0.05) is 42.5 Å². The van der Waals surface area contributed by atoms with Gasteiger partial charge in [0.2, 0.25) is 0 Å². The van der Waals surface area contributed by atoms with Crippen LogP contribution in [-0.4, -0.2) is 32.2 Å². The molecule has 0 radical (unpaired) electrons. The number of rotatable bonds is 3. The van der Waals surface area contributed by atoms with Crippen molar-refractivity contribution < 1.29 is 0 Å². The Morgan fingerprint density at radius 3 is 2.96 bits per heavy atom. The predicted octanol–water partition coefficient (Wildman–Crippen LogP) is 3.11. The van der Waals surface area contributed by atoms with E-state index in [0.29, 0.717) is 6.04 Å². The van der Waals surface area contributed by atoms with Crippen LogP contribution in [0.4, 0.5) is 5.82 Å². The lowest BCUT2D eigenvalue weighted by molar-refractivity contribution is 0.790. The van der Waals surface area contributed by atoms with Crippen molar-refractivity contribution in [3.05, 3.63) is 60.2 Å². The minimum Gasteiger partial charge on any atom is -0.350 e. The molecule has 0 spiro atoms. The summed E-state index contributed by atoms with van der Waals surface area (Å²) in [6, 6.07) is 12.8. The first-order valence-corrected chi connectivity index (χ1v) is 7.98. The van der Waals surface area contributed by atoms with Crippen LogP contribution >= 0.6 is 0 Å². The molecule has 5 nitrogen and oxygen atoms in total. The first kappa shape index (κ1) is 13.9. The Kier molecular flexibility index (Phi) is 3.54. The Balaban J connectivity index is 1.62. The van der Waals surface area contributed by atoms with Gasteiger partial charge in [0.1, 0.15) is 18.0 Å². The predicted molar refractivity (Wildman–Crippen MR) is 91.4 cm³/mol. The molecule has 1 aromatic carbocycles. The van der Waals surface area contributed by atoms with E-state index in [2.05, 4.69) is 51.5 Å². The van der Waals surface area contributed by atoms with Crippen molar-refractivity contribution in [2.75, 3.05) is 11.4 Å². The molecule has 0 amide bonds. The largest absolute Gasteiger partial charge is 0.350 e. The van der Waals surface area contributed by atoms with E-state index in [4.69, 9.17) is 4.98 Å². The molecule has 1 atom stereocenters. The number of fused-ring (bicyclic) bond motifs is 1. The summed E-state index contributed by atoms with van der Waals surface area (Å²) in [6.07, 6.45) is 8.53. The fourth-order valence-corrected chi connectivity index (χ4v) is 3.17. The molecule has 0 N–H and O–H groups in total. The molecule has 0 bridgehead atoms. The lowest BCUT2D eigenvalue weighted by Gasteiger charge is -2.23.